The summed E-state index contributed by atoms with van der Waals surface area (Å²) >= 11 is 1.96. The van der Waals surface area contributed by atoms with Crippen LogP contribution in [0.15, 0.2) is 6.20 Å². The second-order valence-electron chi connectivity index (χ2n) is 4.41. The van der Waals surface area contributed by atoms with Crippen molar-refractivity contribution in [2.45, 2.75) is 45.5 Å². The summed E-state index contributed by atoms with van der Waals surface area (Å²) in [4.78, 5) is 0. The van der Waals surface area contributed by atoms with Gasteiger partial charge in [0.05, 0.1) is 25.0 Å². The molecule has 0 aromatic carbocycles. The molecule has 0 aliphatic rings. The summed E-state index contributed by atoms with van der Waals surface area (Å²) in [5.41, 5.74) is 1.16. The Hall–Kier alpha value is -0.680. The number of thioether (sulfide) groups is 1. The third-order valence-corrected chi connectivity index (χ3v) is 3.93. The Bertz CT molecular complexity index is 331. The first-order valence-corrected chi connectivity index (χ1v) is 7.63. The molecule has 1 atom stereocenters. The molecule has 0 spiro atoms. The van der Waals surface area contributed by atoms with E-state index in [1.54, 1.807) is 7.11 Å². The fraction of sp³-hybridized carbons (Fsp3) is 0.769. The summed E-state index contributed by atoms with van der Waals surface area (Å²) < 4.78 is 7.45. The molecule has 1 heterocycles. The van der Waals surface area contributed by atoms with Gasteiger partial charge in [-0.15, -0.1) is 0 Å². The predicted octanol–water partition coefficient (Wildman–Crippen LogP) is 2.70. The van der Waals surface area contributed by atoms with Gasteiger partial charge in [-0.05, 0) is 18.7 Å². The van der Waals surface area contributed by atoms with Crippen LogP contribution in [0.25, 0.3) is 0 Å². The van der Waals surface area contributed by atoms with E-state index in [1.165, 1.54) is 0 Å². The third kappa shape index (κ3) is 3.92. The second-order valence-corrected chi connectivity index (χ2v) is 6.02. The van der Waals surface area contributed by atoms with E-state index in [0.29, 0.717) is 11.3 Å². The molecule has 0 aliphatic heterocycles. The normalized spacial score (nSPS) is 13.0. The molecule has 1 aromatic heterocycles. The first-order chi connectivity index (χ1) is 8.63. The SMILES string of the molecule is CCNC(CSC(C)C)c1c(OC)cnn1CC. The maximum atomic E-state index is 5.43. The van der Waals surface area contributed by atoms with Gasteiger partial charge >= 0.3 is 0 Å². The van der Waals surface area contributed by atoms with Gasteiger partial charge in [0, 0.05) is 12.3 Å². The Morgan fingerprint density at radius 3 is 2.67 bits per heavy atom. The molecule has 5 heteroatoms. The largest absolute Gasteiger partial charge is 0.493 e. The highest BCUT2D eigenvalue weighted by atomic mass is 32.2. The number of aromatic nitrogens is 2. The summed E-state index contributed by atoms with van der Waals surface area (Å²) in [6.45, 7) is 10.5. The number of rotatable bonds is 8. The van der Waals surface area contributed by atoms with Crippen molar-refractivity contribution in [3.05, 3.63) is 11.9 Å². The lowest BCUT2D eigenvalue weighted by Crippen LogP contribution is -2.26. The molecular weight excluding hydrogens is 246 g/mol. The summed E-state index contributed by atoms with van der Waals surface area (Å²) in [5, 5.41) is 8.54. The molecule has 0 amide bonds. The fourth-order valence-corrected chi connectivity index (χ4v) is 2.76. The zero-order valence-corrected chi connectivity index (χ0v) is 12.9. The molecule has 4 nitrogen and oxygen atoms in total. The number of aryl methyl sites for hydroxylation is 1. The van der Waals surface area contributed by atoms with Gasteiger partial charge in [-0.2, -0.15) is 16.9 Å². The van der Waals surface area contributed by atoms with Gasteiger partial charge in [0.15, 0.2) is 5.75 Å². The van der Waals surface area contributed by atoms with Crippen molar-refractivity contribution in [3.63, 3.8) is 0 Å². The van der Waals surface area contributed by atoms with Crippen molar-refractivity contribution in [2.24, 2.45) is 0 Å². The molecular formula is C13H25N3OS. The molecule has 1 rings (SSSR count). The van der Waals surface area contributed by atoms with E-state index in [9.17, 15) is 0 Å². The van der Waals surface area contributed by atoms with Crippen molar-refractivity contribution in [2.75, 3.05) is 19.4 Å². The van der Waals surface area contributed by atoms with Crippen molar-refractivity contribution in [3.8, 4) is 5.75 Å². The quantitative estimate of drug-likeness (QED) is 0.789. The van der Waals surface area contributed by atoms with Crippen LogP contribution in [0.2, 0.25) is 0 Å². The molecule has 1 unspecified atom stereocenters. The molecule has 0 saturated carbocycles. The summed E-state index contributed by atoms with van der Waals surface area (Å²) in [5.74, 6) is 1.92. The molecule has 0 aliphatic carbocycles. The van der Waals surface area contributed by atoms with Crippen molar-refractivity contribution < 1.29 is 4.74 Å². The Balaban J connectivity index is 2.91. The fourth-order valence-electron chi connectivity index (χ4n) is 1.91. The van der Waals surface area contributed by atoms with Crippen LogP contribution in [-0.2, 0) is 6.54 Å². The minimum Gasteiger partial charge on any atom is -0.493 e. The van der Waals surface area contributed by atoms with Crippen LogP contribution < -0.4 is 10.1 Å². The first-order valence-electron chi connectivity index (χ1n) is 6.58. The van der Waals surface area contributed by atoms with Gasteiger partial charge < -0.3 is 10.1 Å². The van der Waals surface area contributed by atoms with Gasteiger partial charge in [-0.1, -0.05) is 20.8 Å². The van der Waals surface area contributed by atoms with Crippen LogP contribution in [0.3, 0.4) is 0 Å². The number of hydrogen-bond acceptors (Lipinski definition) is 4. The third-order valence-electron chi connectivity index (χ3n) is 2.74. The van der Waals surface area contributed by atoms with E-state index in [4.69, 9.17) is 4.74 Å². The Kier molecular flexibility index (Phi) is 6.57. The van der Waals surface area contributed by atoms with Gasteiger partial charge in [0.2, 0.25) is 0 Å². The topological polar surface area (TPSA) is 39.1 Å². The van der Waals surface area contributed by atoms with Crippen LogP contribution >= 0.6 is 11.8 Å². The molecule has 18 heavy (non-hydrogen) atoms. The van der Waals surface area contributed by atoms with E-state index < -0.39 is 0 Å². The molecule has 1 N–H and O–H groups in total. The second kappa shape index (κ2) is 7.69. The van der Waals surface area contributed by atoms with Crippen LogP contribution in [-0.4, -0.2) is 34.4 Å². The van der Waals surface area contributed by atoms with Crippen LogP contribution in [0.1, 0.15) is 39.4 Å². The molecule has 0 fully saturated rings. The highest BCUT2D eigenvalue weighted by Gasteiger charge is 2.21. The van der Waals surface area contributed by atoms with E-state index in [0.717, 1.165) is 30.3 Å². The smallest absolute Gasteiger partial charge is 0.161 e. The first kappa shape index (κ1) is 15.4. The minimum absolute atomic E-state index is 0.291. The van der Waals surface area contributed by atoms with Crippen LogP contribution in [0.4, 0.5) is 0 Å². The highest BCUT2D eigenvalue weighted by molar-refractivity contribution is 7.99. The van der Waals surface area contributed by atoms with Gasteiger partial charge in [-0.3, -0.25) is 4.68 Å². The van der Waals surface area contributed by atoms with Crippen molar-refractivity contribution in [1.29, 1.82) is 0 Å². The van der Waals surface area contributed by atoms with Gasteiger partial charge in [-0.25, -0.2) is 0 Å². The minimum atomic E-state index is 0.291. The average Bonchev–Trinajstić information content (AvgIpc) is 2.76. The van der Waals surface area contributed by atoms with Crippen molar-refractivity contribution >= 4 is 11.8 Å². The summed E-state index contributed by atoms with van der Waals surface area (Å²) in [7, 11) is 1.71. The Morgan fingerprint density at radius 2 is 2.17 bits per heavy atom. The lowest BCUT2D eigenvalue weighted by Gasteiger charge is -2.20. The number of nitrogens with zero attached hydrogens (tertiary/aromatic N) is 2. The van der Waals surface area contributed by atoms with Gasteiger partial charge in [0.1, 0.15) is 0 Å². The molecule has 0 bridgehead atoms. The Morgan fingerprint density at radius 1 is 1.44 bits per heavy atom. The van der Waals surface area contributed by atoms with E-state index in [1.807, 2.05) is 22.6 Å². The zero-order chi connectivity index (χ0) is 13.5. The average molecular weight is 271 g/mol. The molecule has 0 saturated heterocycles. The van der Waals surface area contributed by atoms with Crippen LogP contribution in [0, 0.1) is 0 Å². The molecule has 1 aromatic rings. The Labute approximate surface area is 114 Å². The number of methoxy groups -OCH3 is 1. The predicted molar refractivity (Wildman–Crippen MR) is 78.5 cm³/mol. The maximum absolute atomic E-state index is 5.43. The molecule has 104 valence electrons. The van der Waals surface area contributed by atoms with E-state index in [-0.39, 0.29) is 0 Å². The van der Waals surface area contributed by atoms with Crippen LogP contribution in [0.5, 0.6) is 5.75 Å². The number of ether oxygens (including phenoxy) is 1. The summed E-state index contributed by atoms with van der Waals surface area (Å²) in [6, 6.07) is 0.291. The summed E-state index contributed by atoms with van der Waals surface area (Å²) in [6.07, 6.45) is 1.81. The maximum Gasteiger partial charge on any atom is 0.161 e. The monoisotopic (exact) mass is 271 g/mol. The lowest BCUT2D eigenvalue weighted by atomic mass is 10.2. The highest BCUT2D eigenvalue weighted by Crippen LogP contribution is 2.28. The van der Waals surface area contributed by atoms with E-state index >= 15 is 0 Å². The zero-order valence-electron chi connectivity index (χ0n) is 12.1. The lowest BCUT2D eigenvalue weighted by molar-refractivity contribution is 0.397. The van der Waals surface area contributed by atoms with E-state index in [2.05, 4.69) is 38.1 Å². The molecule has 0 radical (unpaired) electrons. The number of hydrogen-bond donors (Lipinski definition) is 1. The number of nitrogens with one attached hydrogen (secondary N) is 1. The van der Waals surface area contributed by atoms with Gasteiger partial charge in [0.25, 0.3) is 0 Å². The van der Waals surface area contributed by atoms with Crippen molar-refractivity contribution in [1.82, 2.24) is 15.1 Å². The standard InChI is InChI=1S/C13H25N3OS/c1-6-14-11(9-18-10(3)4)13-12(17-5)8-15-16(13)7-2/h8,10-11,14H,6-7,9H2,1-5H3.